The first kappa shape index (κ1) is 13.5. The number of aliphatic hydroxyl groups excluding tert-OH is 1. The highest BCUT2D eigenvalue weighted by Crippen LogP contribution is 2.45. The molecule has 1 aliphatic heterocycles. The number of rotatable bonds is 3. The number of imide groups is 1. The summed E-state index contributed by atoms with van der Waals surface area (Å²) in [7, 11) is 0. The lowest BCUT2D eigenvalue weighted by molar-refractivity contribution is -0.158. The first-order valence-corrected chi connectivity index (χ1v) is 7.07. The second-order valence-corrected chi connectivity index (χ2v) is 5.82. The van der Waals surface area contributed by atoms with Gasteiger partial charge in [0.25, 0.3) is 0 Å². The van der Waals surface area contributed by atoms with Gasteiger partial charge in [-0.05, 0) is 24.7 Å². The zero-order chi connectivity index (χ0) is 13.2. The lowest BCUT2D eigenvalue weighted by Crippen LogP contribution is -2.53. The van der Waals surface area contributed by atoms with Crippen molar-refractivity contribution in [3.63, 3.8) is 0 Å². The van der Waals surface area contributed by atoms with Gasteiger partial charge < -0.3 is 5.11 Å². The number of piperidine rings is 1. The van der Waals surface area contributed by atoms with Gasteiger partial charge in [-0.15, -0.1) is 0 Å². The smallest absolute Gasteiger partial charge is 0.230 e. The predicted octanol–water partition coefficient (Wildman–Crippen LogP) is 1.86. The third kappa shape index (κ3) is 2.44. The monoisotopic (exact) mass is 253 g/mol. The van der Waals surface area contributed by atoms with Gasteiger partial charge in [-0.1, -0.05) is 26.2 Å². The molecule has 1 saturated carbocycles. The minimum Gasteiger partial charge on any atom is -0.394 e. The van der Waals surface area contributed by atoms with E-state index < -0.39 is 0 Å². The van der Waals surface area contributed by atoms with Crippen molar-refractivity contribution in [3.8, 4) is 0 Å². The molecule has 1 heterocycles. The Morgan fingerprint density at radius 3 is 2.17 bits per heavy atom. The lowest BCUT2D eigenvalue weighted by Gasteiger charge is -2.44. The SMILES string of the molecule is CC[C@@H](CO)N1C(=O)CC2(CCCCC2)CC1=O. The van der Waals surface area contributed by atoms with E-state index in [4.69, 9.17) is 0 Å². The Morgan fingerprint density at radius 1 is 1.17 bits per heavy atom. The van der Waals surface area contributed by atoms with Crippen molar-refractivity contribution < 1.29 is 14.7 Å². The van der Waals surface area contributed by atoms with E-state index in [-0.39, 0.29) is 29.9 Å². The largest absolute Gasteiger partial charge is 0.394 e. The molecule has 4 nitrogen and oxygen atoms in total. The molecule has 4 heteroatoms. The fourth-order valence-corrected chi connectivity index (χ4v) is 3.47. The van der Waals surface area contributed by atoms with Crippen LogP contribution in [0.3, 0.4) is 0 Å². The molecule has 1 N–H and O–H groups in total. The Labute approximate surface area is 108 Å². The van der Waals surface area contributed by atoms with E-state index in [1.165, 1.54) is 11.3 Å². The maximum absolute atomic E-state index is 12.2. The molecule has 1 saturated heterocycles. The summed E-state index contributed by atoms with van der Waals surface area (Å²) < 4.78 is 0. The third-order valence-electron chi connectivity index (χ3n) is 4.55. The minimum atomic E-state index is -0.328. The van der Waals surface area contributed by atoms with E-state index in [1.54, 1.807) is 0 Å². The van der Waals surface area contributed by atoms with Crippen LogP contribution in [-0.4, -0.2) is 34.5 Å². The fraction of sp³-hybridized carbons (Fsp3) is 0.857. The Morgan fingerprint density at radius 2 is 1.72 bits per heavy atom. The Balaban J connectivity index is 2.12. The number of likely N-dealkylation sites (tertiary alicyclic amines) is 1. The van der Waals surface area contributed by atoms with Gasteiger partial charge in [-0.2, -0.15) is 0 Å². The zero-order valence-electron chi connectivity index (χ0n) is 11.2. The van der Waals surface area contributed by atoms with Crippen LogP contribution in [0, 0.1) is 5.41 Å². The van der Waals surface area contributed by atoms with Gasteiger partial charge in [0.2, 0.25) is 11.8 Å². The molecule has 18 heavy (non-hydrogen) atoms. The Bertz CT molecular complexity index is 310. The van der Waals surface area contributed by atoms with Crippen molar-refractivity contribution in [3.05, 3.63) is 0 Å². The van der Waals surface area contributed by atoms with Crippen LogP contribution in [0.2, 0.25) is 0 Å². The highest BCUT2D eigenvalue weighted by atomic mass is 16.3. The first-order chi connectivity index (χ1) is 8.62. The van der Waals surface area contributed by atoms with Crippen molar-refractivity contribution in [1.29, 1.82) is 0 Å². The molecule has 2 fully saturated rings. The average Bonchev–Trinajstić information content (AvgIpc) is 2.34. The van der Waals surface area contributed by atoms with Crippen LogP contribution in [-0.2, 0) is 9.59 Å². The molecule has 1 spiro atoms. The number of nitrogens with zero attached hydrogens (tertiary/aromatic N) is 1. The van der Waals surface area contributed by atoms with Crippen LogP contribution >= 0.6 is 0 Å². The molecule has 0 aromatic heterocycles. The summed E-state index contributed by atoms with van der Waals surface area (Å²) in [6, 6.07) is -0.328. The van der Waals surface area contributed by atoms with Gasteiger partial charge in [0.05, 0.1) is 12.6 Å². The standard InChI is InChI=1S/C14H23NO3/c1-2-11(10-16)15-12(17)8-14(9-13(15)18)6-4-3-5-7-14/h11,16H,2-10H2,1H3/t11-/m0/s1. The molecule has 2 amide bonds. The molecule has 0 unspecified atom stereocenters. The van der Waals surface area contributed by atoms with Crippen LogP contribution in [0.25, 0.3) is 0 Å². The number of hydrogen-bond acceptors (Lipinski definition) is 3. The van der Waals surface area contributed by atoms with E-state index in [2.05, 4.69) is 0 Å². The van der Waals surface area contributed by atoms with Crippen molar-refractivity contribution in [2.75, 3.05) is 6.61 Å². The summed E-state index contributed by atoms with van der Waals surface area (Å²) in [5, 5.41) is 9.27. The van der Waals surface area contributed by atoms with Crippen molar-refractivity contribution in [1.82, 2.24) is 4.90 Å². The summed E-state index contributed by atoms with van der Waals surface area (Å²) in [6.45, 7) is 1.77. The average molecular weight is 253 g/mol. The molecule has 0 radical (unpaired) electrons. The summed E-state index contributed by atoms with van der Waals surface area (Å²) in [6.07, 6.45) is 7.13. The van der Waals surface area contributed by atoms with E-state index in [0.29, 0.717) is 19.3 Å². The molecular weight excluding hydrogens is 230 g/mol. The van der Waals surface area contributed by atoms with Gasteiger partial charge in [0.1, 0.15) is 0 Å². The number of aliphatic hydroxyl groups is 1. The molecule has 2 aliphatic rings. The van der Waals surface area contributed by atoms with Crippen LogP contribution in [0.5, 0.6) is 0 Å². The maximum Gasteiger partial charge on any atom is 0.230 e. The van der Waals surface area contributed by atoms with Crippen molar-refractivity contribution in [2.45, 2.75) is 64.3 Å². The second-order valence-electron chi connectivity index (χ2n) is 5.82. The van der Waals surface area contributed by atoms with E-state index >= 15 is 0 Å². The van der Waals surface area contributed by atoms with Gasteiger partial charge in [0.15, 0.2) is 0 Å². The molecule has 2 rings (SSSR count). The van der Waals surface area contributed by atoms with Crippen molar-refractivity contribution in [2.24, 2.45) is 5.41 Å². The summed E-state index contributed by atoms with van der Waals surface area (Å²) in [4.78, 5) is 25.8. The minimum absolute atomic E-state index is 0.0589. The van der Waals surface area contributed by atoms with Gasteiger partial charge in [-0.25, -0.2) is 0 Å². The van der Waals surface area contributed by atoms with Crippen molar-refractivity contribution >= 4 is 11.8 Å². The van der Waals surface area contributed by atoms with Crippen LogP contribution in [0.15, 0.2) is 0 Å². The summed E-state index contributed by atoms with van der Waals surface area (Å²) in [5.41, 5.74) is -0.0589. The lowest BCUT2D eigenvalue weighted by atomic mass is 9.67. The molecule has 0 aromatic carbocycles. The van der Waals surface area contributed by atoms with Gasteiger partial charge in [-0.3, -0.25) is 14.5 Å². The normalized spacial score (nSPS) is 25.6. The van der Waals surface area contributed by atoms with Gasteiger partial charge in [0, 0.05) is 12.8 Å². The Kier molecular flexibility index (Phi) is 4.05. The number of carbonyl (C=O) groups is 2. The molecular formula is C14H23NO3. The topological polar surface area (TPSA) is 57.6 Å². The van der Waals surface area contributed by atoms with E-state index in [9.17, 15) is 14.7 Å². The maximum atomic E-state index is 12.2. The van der Waals surface area contributed by atoms with E-state index in [0.717, 1.165) is 25.7 Å². The number of amides is 2. The molecule has 102 valence electrons. The highest BCUT2D eigenvalue weighted by Gasteiger charge is 2.45. The first-order valence-electron chi connectivity index (χ1n) is 7.07. The van der Waals surface area contributed by atoms with Crippen LogP contribution < -0.4 is 0 Å². The summed E-state index contributed by atoms with van der Waals surface area (Å²) >= 11 is 0. The molecule has 1 atom stereocenters. The molecule has 0 bridgehead atoms. The Hall–Kier alpha value is -0.900. The zero-order valence-corrected chi connectivity index (χ0v) is 11.2. The summed E-state index contributed by atoms with van der Waals surface area (Å²) in [5.74, 6) is -0.150. The van der Waals surface area contributed by atoms with Crippen LogP contribution in [0.4, 0.5) is 0 Å². The third-order valence-corrected chi connectivity index (χ3v) is 4.55. The highest BCUT2D eigenvalue weighted by molar-refractivity contribution is 5.99. The van der Waals surface area contributed by atoms with Crippen LogP contribution in [0.1, 0.15) is 58.3 Å². The predicted molar refractivity (Wildman–Crippen MR) is 67.8 cm³/mol. The molecule has 1 aliphatic carbocycles. The fourth-order valence-electron chi connectivity index (χ4n) is 3.47. The number of carbonyl (C=O) groups excluding carboxylic acids is 2. The van der Waals surface area contributed by atoms with E-state index in [1.807, 2.05) is 6.92 Å². The van der Waals surface area contributed by atoms with Gasteiger partial charge >= 0.3 is 0 Å². The second kappa shape index (κ2) is 5.39. The quantitative estimate of drug-likeness (QED) is 0.781. The number of hydrogen-bond donors (Lipinski definition) is 1. The molecule has 0 aromatic rings.